The standard InChI is InChI=1S/C6H5.C4H7.Zn/c1-2-4-6-5-3-1;1-4-2-3-4;/h1-5H;4H,1-3H2;. The van der Waals surface area contributed by atoms with Crippen LogP contribution >= 0.6 is 0 Å². The van der Waals surface area contributed by atoms with Crippen LogP contribution in [0.2, 0.25) is 5.02 Å². The molecule has 2 rings (SSSR count). The number of hydrogen-bond acceptors (Lipinski definition) is 0. The van der Waals surface area contributed by atoms with E-state index in [2.05, 4.69) is 30.3 Å². The zero-order chi connectivity index (χ0) is 7.52. The maximum absolute atomic E-state index is 2.31. The summed E-state index contributed by atoms with van der Waals surface area (Å²) in [5.74, 6) is 1.15. The molecule has 0 heterocycles. The van der Waals surface area contributed by atoms with Crippen LogP contribution in [0.4, 0.5) is 0 Å². The molecule has 0 aromatic heterocycles. The number of hydrogen-bond donors (Lipinski definition) is 0. The minimum absolute atomic E-state index is 0.309. The second kappa shape index (κ2) is 3.49. The van der Waals surface area contributed by atoms with Crippen molar-refractivity contribution in [2.45, 2.75) is 17.9 Å². The molecule has 0 unspecified atom stereocenters. The molecule has 0 radical (unpaired) electrons. The van der Waals surface area contributed by atoms with Crippen molar-refractivity contribution in [3.63, 3.8) is 0 Å². The first kappa shape index (κ1) is 7.49. The molecule has 0 N–H and O–H groups in total. The third kappa shape index (κ3) is 2.41. The summed E-state index contributed by atoms with van der Waals surface area (Å²) in [6, 6.07) is 11.1. The van der Waals surface area contributed by atoms with E-state index in [1.54, 1.807) is 9.17 Å². The van der Waals surface area contributed by atoms with Crippen molar-refractivity contribution in [3.05, 3.63) is 30.3 Å². The van der Waals surface area contributed by atoms with Crippen molar-refractivity contribution in [1.82, 2.24) is 0 Å². The van der Waals surface area contributed by atoms with Gasteiger partial charge in [0.2, 0.25) is 0 Å². The van der Waals surface area contributed by atoms with E-state index in [1.807, 2.05) is 0 Å². The summed E-state index contributed by atoms with van der Waals surface area (Å²) >= 11 is -0.309. The van der Waals surface area contributed by atoms with Crippen LogP contribution in [0.1, 0.15) is 12.8 Å². The molecule has 1 aliphatic carbocycles. The predicted molar refractivity (Wildman–Crippen MR) is 43.6 cm³/mol. The van der Waals surface area contributed by atoms with Gasteiger partial charge in [-0.05, 0) is 0 Å². The molecule has 0 amide bonds. The van der Waals surface area contributed by atoms with Crippen LogP contribution in [0, 0.1) is 5.92 Å². The van der Waals surface area contributed by atoms with Crippen LogP contribution in [0.5, 0.6) is 0 Å². The molecule has 54 valence electrons. The van der Waals surface area contributed by atoms with Crippen LogP contribution in [0.3, 0.4) is 0 Å². The second-order valence-corrected chi connectivity index (χ2v) is 7.44. The fraction of sp³-hybridized carbons (Fsp3) is 0.400. The number of benzene rings is 1. The molecule has 11 heavy (non-hydrogen) atoms. The van der Waals surface area contributed by atoms with Gasteiger partial charge in [-0.25, -0.2) is 0 Å². The van der Waals surface area contributed by atoms with Gasteiger partial charge in [0.05, 0.1) is 0 Å². The van der Waals surface area contributed by atoms with Crippen molar-refractivity contribution >= 4 is 4.16 Å². The zero-order valence-corrected chi connectivity index (χ0v) is 9.76. The summed E-state index contributed by atoms with van der Waals surface area (Å²) in [5.41, 5.74) is 0. The zero-order valence-electron chi connectivity index (χ0n) is 6.79. The molecule has 0 saturated heterocycles. The first-order valence-corrected chi connectivity index (χ1v) is 8.07. The summed E-state index contributed by atoms with van der Waals surface area (Å²) in [5, 5.41) is 1.59. The monoisotopic (exact) mass is 196 g/mol. The second-order valence-electron chi connectivity index (χ2n) is 3.47. The van der Waals surface area contributed by atoms with E-state index in [9.17, 15) is 0 Å². The van der Waals surface area contributed by atoms with Gasteiger partial charge in [-0.15, -0.1) is 0 Å². The molecule has 1 saturated carbocycles. The molecule has 0 spiro atoms. The molecular weight excluding hydrogens is 185 g/mol. The molecule has 0 aliphatic heterocycles. The molecule has 1 aromatic rings. The maximum atomic E-state index is 2.31. The Morgan fingerprint density at radius 3 is 2.55 bits per heavy atom. The van der Waals surface area contributed by atoms with Gasteiger partial charge >= 0.3 is 75.4 Å². The van der Waals surface area contributed by atoms with Gasteiger partial charge in [0.1, 0.15) is 0 Å². The molecule has 1 aromatic carbocycles. The van der Waals surface area contributed by atoms with E-state index in [1.165, 1.54) is 12.8 Å². The first-order valence-electron chi connectivity index (χ1n) is 4.49. The van der Waals surface area contributed by atoms with Gasteiger partial charge in [-0.1, -0.05) is 0 Å². The van der Waals surface area contributed by atoms with Crippen LogP contribution in [-0.4, -0.2) is 0 Å². The van der Waals surface area contributed by atoms with Crippen LogP contribution < -0.4 is 4.16 Å². The van der Waals surface area contributed by atoms with E-state index in [0.29, 0.717) is 0 Å². The molecule has 0 atom stereocenters. The van der Waals surface area contributed by atoms with Gasteiger partial charge in [0.15, 0.2) is 0 Å². The average molecular weight is 198 g/mol. The Morgan fingerprint density at radius 2 is 1.91 bits per heavy atom. The third-order valence-electron chi connectivity index (χ3n) is 2.38. The normalized spacial score (nSPS) is 16.0. The van der Waals surface area contributed by atoms with Crippen molar-refractivity contribution in [3.8, 4) is 0 Å². The summed E-state index contributed by atoms with van der Waals surface area (Å²) < 4.78 is 1.69. The van der Waals surface area contributed by atoms with Crippen LogP contribution in [0.25, 0.3) is 0 Å². The van der Waals surface area contributed by atoms with Crippen molar-refractivity contribution < 1.29 is 17.1 Å². The Kier molecular flexibility index (Phi) is 2.38. The SMILES string of the molecule is c1cc[c]([Zn][CH2]C2CC2)cc1. The van der Waals surface area contributed by atoms with Gasteiger partial charge in [0.25, 0.3) is 0 Å². The topological polar surface area (TPSA) is 0 Å². The quantitative estimate of drug-likeness (QED) is 0.652. The molecule has 1 fully saturated rings. The first-order chi connectivity index (χ1) is 5.45. The predicted octanol–water partition coefficient (Wildman–Crippen LogP) is 2.22. The Hall–Kier alpha value is -0.157. The summed E-state index contributed by atoms with van der Waals surface area (Å²) in [7, 11) is 0. The molecule has 0 bridgehead atoms. The van der Waals surface area contributed by atoms with Gasteiger partial charge in [-0.3, -0.25) is 0 Å². The molecule has 0 nitrogen and oxygen atoms in total. The van der Waals surface area contributed by atoms with Crippen LogP contribution in [-0.2, 0) is 17.1 Å². The molecular formula is C10H12Zn. The van der Waals surface area contributed by atoms with E-state index in [-0.39, 0.29) is 17.1 Å². The summed E-state index contributed by atoms with van der Waals surface area (Å²) in [4.78, 5) is 0. The fourth-order valence-corrected chi connectivity index (χ4v) is 5.46. The Balaban J connectivity index is 1.85. The van der Waals surface area contributed by atoms with Gasteiger partial charge < -0.3 is 0 Å². The minimum atomic E-state index is -0.309. The fourth-order valence-electron chi connectivity index (χ4n) is 1.42. The van der Waals surface area contributed by atoms with Gasteiger partial charge in [0, 0.05) is 0 Å². The average Bonchev–Trinajstić information content (AvgIpc) is 2.86. The van der Waals surface area contributed by atoms with E-state index < -0.39 is 0 Å². The van der Waals surface area contributed by atoms with Gasteiger partial charge in [-0.2, -0.15) is 0 Å². The number of rotatable bonds is 3. The van der Waals surface area contributed by atoms with E-state index in [0.717, 1.165) is 5.92 Å². The van der Waals surface area contributed by atoms with Crippen molar-refractivity contribution in [1.29, 1.82) is 0 Å². The van der Waals surface area contributed by atoms with E-state index in [4.69, 9.17) is 0 Å². The Bertz CT molecular complexity index is 214. The van der Waals surface area contributed by atoms with Crippen molar-refractivity contribution in [2.75, 3.05) is 0 Å². The Morgan fingerprint density at radius 1 is 1.18 bits per heavy atom. The molecule has 1 heteroatoms. The summed E-state index contributed by atoms with van der Waals surface area (Å²) in [6.07, 6.45) is 3.05. The van der Waals surface area contributed by atoms with Crippen molar-refractivity contribution in [2.24, 2.45) is 5.92 Å². The third-order valence-corrected chi connectivity index (χ3v) is 6.90. The van der Waals surface area contributed by atoms with E-state index >= 15 is 0 Å². The Labute approximate surface area is 75.6 Å². The molecule has 1 aliphatic rings. The summed E-state index contributed by atoms with van der Waals surface area (Å²) in [6.45, 7) is 0. The van der Waals surface area contributed by atoms with Crippen LogP contribution in [0.15, 0.2) is 30.3 Å².